The fraction of sp³-hybridized carbons (Fsp3) is 0.321. The second-order valence-electron chi connectivity index (χ2n) is 9.16. The van der Waals surface area contributed by atoms with Crippen molar-refractivity contribution in [2.75, 3.05) is 45.9 Å². The normalized spacial score (nSPS) is 17.9. The minimum atomic E-state index is -0.648. The van der Waals surface area contributed by atoms with E-state index in [1.807, 2.05) is 17.5 Å². The third-order valence-electron chi connectivity index (χ3n) is 6.74. The fourth-order valence-corrected chi connectivity index (χ4v) is 5.42. The number of halogens is 2. The number of hydrogen-bond donors (Lipinski definition) is 0. The Morgan fingerprint density at radius 3 is 2.45 bits per heavy atom. The van der Waals surface area contributed by atoms with Gasteiger partial charge in [-0.2, -0.15) is 5.10 Å². The Bertz CT molecular complexity index is 1310. The number of ether oxygens (including phenoxy) is 1. The summed E-state index contributed by atoms with van der Waals surface area (Å²) < 4.78 is 34.8. The molecule has 0 N–H and O–H groups in total. The molecule has 1 aromatic heterocycles. The number of hydrogen-bond acceptors (Lipinski definition) is 6. The Balaban J connectivity index is 1.41. The molecule has 0 radical (unpaired) electrons. The van der Waals surface area contributed by atoms with Gasteiger partial charge in [-0.3, -0.25) is 14.5 Å². The molecule has 1 fully saturated rings. The molecule has 38 heavy (non-hydrogen) atoms. The van der Waals surface area contributed by atoms with Gasteiger partial charge >= 0.3 is 0 Å². The molecule has 3 aromatic rings. The molecule has 0 aliphatic carbocycles. The van der Waals surface area contributed by atoms with Gasteiger partial charge in [0.2, 0.25) is 0 Å². The average molecular weight is 539 g/mol. The van der Waals surface area contributed by atoms with Gasteiger partial charge in [0, 0.05) is 38.2 Å². The second kappa shape index (κ2) is 11.9. The monoisotopic (exact) mass is 538 g/mol. The highest BCUT2D eigenvalue weighted by atomic mass is 32.1. The van der Waals surface area contributed by atoms with E-state index < -0.39 is 29.5 Å². The minimum Gasteiger partial charge on any atom is -0.379 e. The van der Waals surface area contributed by atoms with Crippen LogP contribution in [-0.2, 0) is 9.53 Å². The molecule has 0 saturated carbocycles. The summed E-state index contributed by atoms with van der Waals surface area (Å²) in [4.78, 5) is 31.5. The third-order valence-corrected chi connectivity index (χ3v) is 7.66. The van der Waals surface area contributed by atoms with Gasteiger partial charge < -0.3 is 9.64 Å². The highest BCUT2D eigenvalue weighted by Gasteiger charge is 2.36. The van der Waals surface area contributed by atoms with Crippen molar-refractivity contribution in [2.24, 2.45) is 5.10 Å². The largest absolute Gasteiger partial charge is 0.379 e. The molecule has 5 rings (SSSR count). The number of carbonyl (C=O) groups is 2. The van der Waals surface area contributed by atoms with Crippen molar-refractivity contribution in [1.82, 2.24) is 14.8 Å². The summed E-state index contributed by atoms with van der Waals surface area (Å²) in [7, 11) is 0. The molecule has 2 amide bonds. The van der Waals surface area contributed by atoms with Crippen LogP contribution in [0, 0.1) is 11.6 Å². The Kier molecular flexibility index (Phi) is 8.21. The molecule has 198 valence electrons. The second-order valence-corrected chi connectivity index (χ2v) is 10.1. The van der Waals surface area contributed by atoms with Crippen LogP contribution in [0.15, 0.2) is 71.1 Å². The van der Waals surface area contributed by atoms with E-state index in [4.69, 9.17) is 4.74 Å². The van der Waals surface area contributed by atoms with Crippen LogP contribution >= 0.6 is 11.3 Å². The van der Waals surface area contributed by atoms with Crippen LogP contribution in [0.4, 0.5) is 8.78 Å². The first-order valence-electron chi connectivity index (χ1n) is 12.5. The topological polar surface area (TPSA) is 65.5 Å². The van der Waals surface area contributed by atoms with Crippen molar-refractivity contribution in [3.05, 3.63) is 93.7 Å². The van der Waals surface area contributed by atoms with Gasteiger partial charge in [0.1, 0.15) is 18.2 Å². The lowest BCUT2D eigenvalue weighted by atomic mass is 10.0. The quantitative estimate of drug-likeness (QED) is 0.432. The number of benzene rings is 2. The minimum absolute atomic E-state index is 0.0999. The third kappa shape index (κ3) is 5.82. The molecular formula is C28H28F2N4O3S. The Hall–Kier alpha value is -3.47. The molecule has 1 atom stereocenters. The van der Waals surface area contributed by atoms with Crippen molar-refractivity contribution in [3.8, 4) is 0 Å². The Morgan fingerprint density at radius 2 is 1.74 bits per heavy atom. The number of morpholine rings is 1. The van der Waals surface area contributed by atoms with Crippen LogP contribution in [0.1, 0.15) is 33.3 Å². The zero-order chi connectivity index (χ0) is 26.5. The van der Waals surface area contributed by atoms with Gasteiger partial charge in [-0.05, 0) is 29.6 Å². The first-order valence-corrected chi connectivity index (χ1v) is 13.4. The molecule has 1 saturated heterocycles. The zero-order valence-electron chi connectivity index (χ0n) is 20.8. The predicted molar refractivity (Wildman–Crippen MR) is 141 cm³/mol. The van der Waals surface area contributed by atoms with E-state index >= 15 is 0 Å². The van der Waals surface area contributed by atoms with E-state index in [2.05, 4.69) is 10.0 Å². The SMILES string of the molecule is O=C(c1ccccc1F)N(CCN1CCOCC1)CC(=O)N1N=C(c2cccs2)C[C@@H]1c1ccccc1F. The molecular weight excluding hydrogens is 510 g/mol. The van der Waals surface area contributed by atoms with Crippen molar-refractivity contribution in [3.63, 3.8) is 0 Å². The van der Waals surface area contributed by atoms with E-state index in [0.717, 1.165) is 4.88 Å². The molecule has 2 aliphatic heterocycles. The number of rotatable bonds is 8. The molecule has 2 aliphatic rings. The van der Waals surface area contributed by atoms with Crippen LogP contribution in [0.3, 0.4) is 0 Å². The lowest BCUT2D eigenvalue weighted by Crippen LogP contribution is -2.46. The van der Waals surface area contributed by atoms with E-state index in [1.165, 1.54) is 45.5 Å². The number of hydrazone groups is 1. The summed E-state index contributed by atoms with van der Waals surface area (Å²) in [6.07, 6.45) is 0.349. The standard InChI is InChI=1S/C28H28F2N4O3S/c29-22-8-3-1-6-20(22)25-18-24(26-10-5-17-38-26)31-34(25)27(35)19-33(12-11-32-13-15-37-16-14-32)28(36)21-7-2-4-9-23(21)30/h1-10,17,25H,11-16,18-19H2/t25-/m1/s1. The van der Waals surface area contributed by atoms with Gasteiger partial charge in [-0.15, -0.1) is 11.3 Å². The van der Waals surface area contributed by atoms with Gasteiger partial charge in [-0.25, -0.2) is 13.8 Å². The molecule has 2 aromatic carbocycles. The van der Waals surface area contributed by atoms with Crippen molar-refractivity contribution >= 4 is 28.9 Å². The van der Waals surface area contributed by atoms with E-state index in [0.29, 0.717) is 50.5 Å². The fourth-order valence-electron chi connectivity index (χ4n) is 4.70. The Morgan fingerprint density at radius 1 is 1.00 bits per heavy atom. The highest BCUT2D eigenvalue weighted by molar-refractivity contribution is 7.12. The van der Waals surface area contributed by atoms with Crippen molar-refractivity contribution in [2.45, 2.75) is 12.5 Å². The maximum Gasteiger partial charge on any atom is 0.262 e. The molecule has 3 heterocycles. The number of carbonyl (C=O) groups excluding carboxylic acids is 2. The maximum absolute atomic E-state index is 14.8. The van der Waals surface area contributed by atoms with E-state index in [9.17, 15) is 18.4 Å². The number of thiophene rings is 1. The molecule has 7 nitrogen and oxygen atoms in total. The highest BCUT2D eigenvalue weighted by Crippen LogP contribution is 2.35. The predicted octanol–water partition coefficient (Wildman–Crippen LogP) is 4.18. The smallest absolute Gasteiger partial charge is 0.262 e. The summed E-state index contributed by atoms with van der Waals surface area (Å²) >= 11 is 1.49. The van der Waals surface area contributed by atoms with Crippen molar-refractivity contribution in [1.29, 1.82) is 0 Å². The first kappa shape index (κ1) is 26.1. The van der Waals surface area contributed by atoms with Gasteiger partial charge in [-0.1, -0.05) is 36.4 Å². The average Bonchev–Trinajstić information content (AvgIpc) is 3.62. The van der Waals surface area contributed by atoms with E-state index in [1.54, 1.807) is 24.3 Å². The lowest BCUT2D eigenvalue weighted by Gasteiger charge is -2.31. The summed E-state index contributed by atoms with van der Waals surface area (Å²) in [5.74, 6) is -2.11. The first-order chi connectivity index (χ1) is 18.5. The van der Waals surface area contributed by atoms with E-state index in [-0.39, 0.29) is 18.7 Å². The number of amides is 2. The van der Waals surface area contributed by atoms with Gasteiger partial charge in [0.05, 0.1) is 35.4 Å². The molecule has 10 heteroatoms. The summed E-state index contributed by atoms with van der Waals surface area (Å²) in [5.41, 5.74) is 0.940. The summed E-state index contributed by atoms with van der Waals surface area (Å²) in [5, 5.41) is 7.79. The lowest BCUT2D eigenvalue weighted by molar-refractivity contribution is -0.133. The van der Waals surface area contributed by atoms with Gasteiger partial charge in [0.25, 0.3) is 11.8 Å². The number of nitrogens with zero attached hydrogens (tertiary/aromatic N) is 4. The molecule has 0 unspecified atom stereocenters. The van der Waals surface area contributed by atoms with Crippen molar-refractivity contribution < 1.29 is 23.1 Å². The Labute approximate surface area is 223 Å². The van der Waals surface area contributed by atoms with Crippen LogP contribution in [-0.4, -0.2) is 78.3 Å². The zero-order valence-corrected chi connectivity index (χ0v) is 21.6. The summed E-state index contributed by atoms with van der Waals surface area (Å²) in [6, 6.07) is 15.2. The molecule has 0 bridgehead atoms. The van der Waals surface area contributed by atoms with Crippen LogP contribution in [0.5, 0.6) is 0 Å². The molecule has 0 spiro atoms. The van der Waals surface area contributed by atoms with Gasteiger partial charge in [0.15, 0.2) is 0 Å². The van der Waals surface area contributed by atoms with Crippen LogP contribution < -0.4 is 0 Å². The van der Waals surface area contributed by atoms with Crippen LogP contribution in [0.2, 0.25) is 0 Å². The maximum atomic E-state index is 14.8. The summed E-state index contributed by atoms with van der Waals surface area (Å²) in [6.45, 7) is 3.04. The van der Waals surface area contributed by atoms with Crippen LogP contribution in [0.25, 0.3) is 0 Å².